The van der Waals surface area contributed by atoms with E-state index < -0.39 is 10.8 Å². The maximum Gasteiger partial charge on any atom is 0.292 e. The molecule has 0 saturated carbocycles. The van der Waals surface area contributed by atoms with E-state index in [0.717, 1.165) is 6.07 Å². The van der Waals surface area contributed by atoms with Crippen molar-refractivity contribution in [1.82, 2.24) is 5.32 Å². The van der Waals surface area contributed by atoms with E-state index in [1.54, 1.807) is 31.4 Å². The Balaban J connectivity index is 1.87. The Morgan fingerprint density at radius 2 is 2.00 bits per heavy atom. The number of nitrogens with one attached hydrogen (secondary N) is 1. The first-order valence-corrected chi connectivity index (χ1v) is 7.10. The van der Waals surface area contributed by atoms with Gasteiger partial charge in [-0.15, -0.1) is 0 Å². The zero-order valence-corrected chi connectivity index (χ0v) is 13.0. The summed E-state index contributed by atoms with van der Waals surface area (Å²) in [6, 6.07) is 11.0. The number of methoxy groups -OCH3 is 1. The molecule has 0 fully saturated rings. The molecule has 0 aromatic heterocycles. The van der Waals surface area contributed by atoms with Gasteiger partial charge < -0.3 is 20.5 Å². The highest BCUT2D eigenvalue weighted by atomic mass is 16.6. The maximum absolute atomic E-state index is 12.0. The average molecular weight is 331 g/mol. The summed E-state index contributed by atoms with van der Waals surface area (Å²) >= 11 is 0. The lowest BCUT2D eigenvalue weighted by molar-refractivity contribution is -0.383. The van der Waals surface area contributed by atoms with Gasteiger partial charge in [0.2, 0.25) is 0 Å². The molecule has 0 atom stereocenters. The zero-order chi connectivity index (χ0) is 17.5. The number of nitrogen functional groups attached to an aromatic ring is 1. The first kappa shape index (κ1) is 17.1. The van der Waals surface area contributed by atoms with Gasteiger partial charge in [-0.1, -0.05) is 6.07 Å². The van der Waals surface area contributed by atoms with Crippen LogP contribution in [0.2, 0.25) is 0 Å². The highest BCUT2D eigenvalue weighted by Gasteiger charge is 2.15. The van der Waals surface area contributed by atoms with E-state index in [9.17, 15) is 14.9 Å². The monoisotopic (exact) mass is 331 g/mol. The fraction of sp³-hybridized carbons (Fsp3) is 0.188. The minimum Gasteiger partial charge on any atom is -0.497 e. The number of benzene rings is 2. The van der Waals surface area contributed by atoms with Crippen LogP contribution in [0.5, 0.6) is 11.5 Å². The number of nitro benzene ring substituents is 1. The Morgan fingerprint density at radius 3 is 2.71 bits per heavy atom. The predicted octanol–water partition coefficient (Wildman–Crippen LogP) is 1.99. The van der Waals surface area contributed by atoms with Crippen molar-refractivity contribution in [3.05, 3.63) is 58.1 Å². The number of hydrogen-bond acceptors (Lipinski definition) is 6. The molecule has 24 heavy (non-hydrogen) atoms. The molecule has 0 heterocycles. The van der Waals surface area contributed by atoms with Crippen LogP contribution in [0.1, 0.15) is 10.4 Å². The quantitative estimate of drug-likeness (QED) is 0.347. The fourth-order valence-corrected chi connectivity index (χ4v) is 1.97. The molecule has 8 nitrogen and oxygen atoms in total. The lowest BCUT2D eigenvalue weighted by atomic mass is 10.1. The molecule has 126 valence electrons. The number of carbonyl (C=O) groups excluding carboxylic acids is 1. The molecule has 8 heteroatoms. The molecule has 0 unspecified atom stereocenters. The standard InChI is InChI=1S/C16H17N3O5/c1-23-12-3-2-4-13(10-12)24-8-7-18-16(20)11-5-6-14(17)15(9-11)19(21)22/h2-6,9-10H,7-8,17H2,1H3,(H,18,20). The maximum atomic E-state index is 12.0. The molecule has 0 spiro atoms. The van der Waals surface area contributed by atoms with Crippen LogP contribution in [0.15, 0.2) is 42.5 Å². The molecule has 3 N–H and O–H groups in total. The van der Waals surface area contributed by atoms with Crippen LogP contribution in [0.3, 0.4) is 0 Å². The van der Waals surface area contributed by atoms with Gasteiger partial charge in [0.15, 0.2) is 0 Å². The van der Waals surface area contributed by atoms with Crippen LogP contribution in [-0.4, -0.2) is 31.1 Å². The summed E-state index contributed by atoms with van der Waals surface area (Å²) in [7, 11) is 1.56. The molecule has 0 aliphatic rings. The number of nitro groups is 1. The van der Waals surface area contributed by atoms with Gasteiger partial charge in [0, 0.05) is 17.7 Å². The molecule has 2 aromatic rings. The molecule has 2 rings (SSSR count). The number of nitrogens with two attached hydrogens (primary N) is 1. The third-order valence-corrected chi connectivity index (χ3v) is 3.19. The fourth-order valence-electron chi connectivity index (χ4n) is 1.97. The van der Waals surface area contributed by atoms with Crippen LogP contribution < -0.4 is 20.5 Å². The zero-order valence-electron chi connectivity index (χ0n) is 13.0. The van der Waals surface area contributed by atoms with Gasteiger partial charge >= 0.3 is 0 Å². The second kappa shape index (κ2) is 7.82. The van der Waals surface area contributed by atoms with Gasteiger partial charge in [0.25, 0.3) is 11.6 Å². The van der Waals surface area contributed by atoms with Crippen LogP contribution in [0.4, 0.5) is 11.4 Å². The number of rotatable bonds is 7. The number of carbonyl (C=O) groups is 1. The smallest absolute Gasteiger partial charge is 0.292 e. The van der Waals surface area contributed by atoms with Crippen molar-refractivity contribution in [3.63, 3.8) is 0 Å². The second-order valence-electron chi connectivity index (χ2n) is 4.81. The van der Waals surface area contributed by atoms with E-state index >= 15 is 0 Å². The average Bonchev–Trinajstić information content (AvgIpc) is 2.58. The van der Waals surface area contributed by atoms with Gasteiger partial charge in [-0.25, -0.2) is 0 Å². The largest absolute Gasteiger partial charge is 0.497 e. The molecule has 0 bridgehead atoms. The lowest BCUT2D eigenvalue weighted by Gasteiger charge is -2.09. The number of amides is 1. The first-order valence-electron chi connectivity index (χ1n) is 7.10. The van der Waals surface area contributed by atoms with Gasteiger partial charge in [0.05, 0.1) is 18.6 Å². The number of anilines is 1. The third-order valence-electron chi connectivity index (χ3n) is 3.19. The minimum absolute atomic E-state index is 0.0120. The molecule has 2 aromatic carbocycles. The Kier molecular flexibility index (Phi) is 5.56. The molecular weight excluding hydrogens is 314 g/mol. The summed E-state index contributed by atoms with van der Waals surface area (Å²) in [5, 5.41) is 13.5. The Labute approximate surface area is 138 Å². The Bertz CT molecular complexity index is 748. The van der Waals surface area contributed by atoms with Gasteiger partial charge in [0.1, 0.15) is 23.8 Å². The van der Waals surface area contributed by atoms with Crippen LogP contribution in [0.25, 0.3) is 0 Å². The van der Waals surface area contributed by atoms with E-state index in [4.69, 9.17) is 15.2 Å². The van der Waals surface area contributed by atoms with E-state index in [1.165, 1.54) is 12.1 Å². The van der Waals surface area contributed by atoms with Gasteiger partial charge in [-0.3, -0.25) is 14.9 Å². The summed E-state index contributed by atoms with van der Waals surface area (Å²) < 4.78 is 10.6. The van der Waals surface area contributed by atoms with E-state index in [2.05, 4.69) is 5.32 Å². The molecule has 0 saturated heterocycles. The van der Waals surface area contributed by atoms with E-state index in [1.807, 2.05) is 0 Å². The predicted molar refractivity (Wildman–Crippen MR) is 88.3 cm³/mol. The molecular formula is C16H17N3O5. The van der Waals surface area contributed by atoms with Crippen molar-refractivity contribution in [1.29, 1.82) is 0 Å². The third kappa shape index (κ3) is 4.35. The topological polar surface area (TPSA) is 117 Å². The van der Waals surface area contributed by atoms with E-state index in [-0.39, 0.29) is 30.1 Å². The Morgan fingerprint density at radius 1 is 1.25 bits per heavy atom. The minimum atomic E-state index is -0.627. The number of hydrogen-bond donors (Lipinski definition) is 2. The molecule has 0 aliphatic carbocycles. The number of nitrogens with zero attached hydrogens (tertiary/aromatic N) is 1. The summed E-state index contributed by atoms with van der Waals surface area (Å²) in [5.74, 6) is 0.852. The van der Waals surface area contributed by atoms with Gasteiger partial charge in [-0.2, -0.15) is 0 Å². The highest BCUT2D eigenvalue weighted by molar-refractivity contribution is 5.95. The summed E-state index contributed by atoms with van der Waals surface area (Å²) in [6.45, 7) is 0.490. The number of ether oxygens (including phenoxy) is 2. The SMILES string of the molecule is COc1cccc(OCCNC(=O)c2ccc(N)c([N+](=O)[O-])c2)c1. The molecule has 0 radical (unpaired) electrons. The summed E-state index contributed by atoms with van der Waals surface area (Å²) in [4.78, 5) is 22.2. The van der Waals surface area contributed by atoms with Crippen LogP contribution in [0, 0.1) is 10.1 Å². The highest BCUT2D eigenvalue weighted by Crippen LogP contribution is 2.22. The Hall–Kier alpha value is -3.29. The molecule has 1 amide bonds. The van der Waals surface area contributed by atoms with Crippen LogP contribution >= 0.6 is 0 Å². The lowest BCUT2D eigenvalue weighted by Crippen LogP contribution is -2.28. The second-order valence-corrected chi connectivity index (χ2v) is 4.81. The molecule has 0 aliphatic heterocycles. The first-order chi connectivity index (χ1) is 11.5. The van der Waals surface area contributed by atoms with Crippen molar-refractivity contribution >= 4 is 17.3 Å². The summed E-state index contributed by atoms with van der Waals surface area (Å²) in [5.41, 5.74) is 5.38. The van der Waals surface area contributed by atoms with Crippen molar-refractivity contribution in [3.8, 4) is 11.5 Å². The van der Waals surface area contributed by atoms with Crippen molar-refractivity contribution in [2.45, 2.75) is 0 Å². The van der Waals surface area contributed by atoms with Crippen molar-refractivity contribution in [2.24, 2.45) is 0 Å². The van der Waals surface area contributed by atoms with Gasteiger partial charge in [-0.05, 0) is 24.3 Å². The van der Waals surface area contributed by atoms with Crippen molar-refractivity contribution < 1.29 is 19.2 Å². The van der Waals surface area contributed by atoms with Crippen LogP contribution in [-0.2, 0) is 0 Å². The van der Waals surface area contributed by atoms with E-state index in [0.29, 0.717) is 11.5 Å². The van der Waals surface area contributed by atoms with Crippen molar-refractivity contribution in [2.75, 3.05) is 26.0 Å². The summed E-state index contributed by atoms with van der Waals surface area (Å²) in [6.07, 6.45) is 0. The normalized spacial score (nSPS) is 10.0.